The Labute approximate surface area is 203 Å². The molecule has 35 heavy (non-hydrogen) atoms. The number of rotatable bonds is 7. The summed E-state index contributed by atoms with van der Waals surface area (Å²) in [7, 11) is 1.30. The number of ether oxygens (including phenoxy) is 2. The van der Waals surface area contributed by atoms with Crippen molar-refractivity contribution >= 4 is 34.4 Å². The van der Waals surface area contributed by atoms with Gasteiger partial charge in [-0.1, -0.05) is 60.7 Å². The summed E-state index contributed by atoms with van der Waals surface area (Å²) >= 11 is 0. The van der Waals surface area contributed by atoms with Crippen LogP contribution in [0.5, 0.6) is 5.75 Å². The maximum Gasteiger partial charge on any atom is 0.337 e. The minimum atomic E-state index is -0.569. The fraction of sp³-hybridized carbons (Fsp3) is 0.0690. The molecule has 0 aromatic heterocycles. The molecule has 0 aliphatic carbocycles. The van der Waals surface area contributed by atoms with E-state index in [2.05, 4.69) is 10.1 Å². The van der Waals surface area contributed by atoms with Crippen molar-refractivity contribution in [1.82, 2.24) is 0 Å². The van der Waals surface area contributed by atoms with Crippen LogP contribution >= 0.6 is 0 Å². The Morgan fingerprint density at radius 2 is 1.63 bits per heavy atom. The third-order valence-electron chi connectivity index (χ3n) is 5.39. The number of methoxy groups -OCH3 is 1. The first-order chi connectivity index (χ1) is 17.1. The van der Waals surface area contributed by atoms with Gasteiger partial charge in [-0.05, 0) is 52.7 Å². The maximum atomic E-state index is 12.9. The first-order valence-corrected chi connectivity index (χ1v) is 10.9. The molecule has 4 aromatic carbocycles. The highest BCUT2D eigenvalue weighted by molar-refractivity contribution is 6.11. The van der Waals surface area contributed by atoms with E-state index in [4.69, 9.17) is 4.74 Å². The number of fused-ring (bicyclic) bond motifs is 1. The third kappa shape index (κ3) is 5.55. The average Bonchev–Trinajstić information content (AvgIpc) is 2.91. The summed E-state index contributed by atoms with van der Waals surface area (Å²) in [6, 6.07) is 29.5. The lowest BCUT2D eigenvalue weighted by atomic mass is 10.0. The van der Waals surface area contributed by atoms with Gasteiger partial charge in [0.15, 0.2) is 0 Å². The Bertz CT molecular complexity index is 1440. The fourth-order valence-electron chi connectivity index (χ4n) is 3.58. The number of hydrogen-bond donors (Lipinski definition) is 1. The van der Waals surface area contributed by atoms with Gasteiger partial charge in [-0.25, -0.2) is 4.79 Å². The third-order valence-corrected chi connectivity index (χ3v) is 5.39. The van der Waals surface area contributed by atoms with E-state index in [0.29, 0.717) is 29.2 Å². The number of nitrogens with one attached hydrogen (secondary N) is 1. The highest BCUT2D eigenvalue weighted by Crippen LogP contribution is 2.31. The minimum Gasteiger partial charge on any atom is -0.488 e. The first-order valence-electron chi connectivity index (χ1n) is 10.9. The summed E-state index contributed by atoms with van der Waals surface area (Å²) in [4.78, 5) is 24.5. The molecular formula is C29H22N2O4. The molecule has 4 rings (SSSR count). The average molecular weight is 463 g/mol. The van der Waals surface area contributed by atoms with Crippen LogP contribution in [0.2, 0.25) is 0 Å². The normalized spacial score (nSPS) is 10.9. The molecule has 1 amide bonds. The molecule has 1 N–H and O–H groups in total. The smallest absolute Gasteiger partial charge is 0.337 e. The van der Waals surface area contributed by atoms with Gasteiger partial charge in [0, 0.05) is 11.3 Å². The summed E-state index contributed by atoms with van der Waals surface area (Å²) in [6.45, 7) is 0.348. The molecule has 0 bridgehead atoms. The number of anilines is 1. The van der Waals surface area contributed by atoms with Gasteiger partial charge in [0.1, 0.15) is 24.0 Å². The first kappa shape index (κ1) is 23.3. The van der Waals surface area contributed by atoms with Gasteiger partial charge in [0.05, 0.1) is 12.7 Å². The van der Waals surface area contributed by atoms with E-state index < -0.39 is 11.9 Å². The highest BCUT2D eigenvalue weighted by atomic mass is 16.5. The van der Waals surface area contributed by atoms with Crippen LogP contribution in [0.3, 0.4) is 0 Å². The summed E-state index contributed by atoms with van der Waals surface area (Å²) in [5.74, 6) is -0.477. The van der Waals surface area contributed by atoms with E-state index in [0.717, 1.165) is 16.3 Å². The van der Waals surface area contributed by atoms with Crippen molar-refractivity contribution in [2.75, 3.05) is 12.4 Å². The molecule has 0 radical (unpaired) electrons. The number of carbonyl (C=O) groups excluding carboxylic acids is 2. The molecule has 0 atom stereocenters. The summed E-state index contributed by atoms with van der Waals surface area (Å²) < 4.78 is 10.8. The Morgan fingerprint density at radius 1 is 0.914 bits per heavy atom. The van der Waals surface area contributed by atoms with Gasteiger partial charge in [0.25, 0.3) is 5.91 Å². The van der Waals surface area contributed by atoms with Gasteiger partial charge in [0.2, 0.25) is 0 Å². The molecule has 0 aliphatic heterocycles. The predicted molar refractivity (Wildman–Crippen MR) is 135 cm³/mol. The number of carbonyl (C=O) groups is 2. The number of esters is 1. The van der Waals surface area contributed by atoms with Crippen LogP contribution in [0.1, 0.15) is 21.5 Å². The highest BCUT2D eigenvalue weighted by Gasteiger charge is 2.14. The number of nitrogens with zero attached hydrogens (tertiary/aromatic N) is 1. The molecule has 6 heteroatoms. The number of nitriles is 1. The van der Waals surface area contributed by atoms with E-state index in [1.165, 1.54) is 19.2 Å². The predicted octanol–water partition coefficient (Wildman–Crippen LogP) is 5.75. The molecule has 0 saturated carbocycles. The lowest BCUT2D eigenvalue weighted by molar-refractivity contribution is -0.112. The van der Waals surface area contributed by atoms with Crippen molar-refractivity contribution in [2.24, 2.45) is 0 Å². The van der Waals surface area contributed by atoms with E-state index in [1.807, 2.05) is 72.8 Å². The van der Waals surface area contributed by atoms with E-state index in [9.17, 15) is 14.9 Å². The van der Waals surface area contributed by atoms with Crippen molar-refractivity contribution in [3.63, 3.8) is 0 Å². The van der Waals surface area contributed by atoms with E-state index >= 15 is 0 Å². The van der Waals surface area contributed by atoms with Crippen LogP contribution in [0.25, 0.3) is 16.8 Å². The second kappa shape index (κ2) is 10.8. The molecule has 0 unspecified atom stereocenters. The summed E-state index contributed by atoms with van der Waals surface area (Å²) in [5.41, 5.74) is 2.37. The Morgan fingerprint density at radius 3 is 2.34 bits per heavy atom. The molecule has 6 nitrogen and oxygen atoms in total. The van der Waals surface area contributed by atoms with Gasteiger partial charge in [-0.2, -0.15) is 5.26 Å². The van der Waals surface area contributed by atoms with Crippen LogP contribution in [0.15, 0.2) is 96.6 Å². The SMILES string of the molecule is COC(=O)c1ccc(NC(=O)/C(C#N)=C/c2c(OCc3ccccc3)ccc3ccccc23)cc1. The van der Waals surface area contributed by atoms with Gasteiger partial charge >= 0.3 is 5.97 Å². The lowest BCUT2D eigenvalue weighted by Crippen LogP contribution is -2.13. The minimum absolute atomic E-state index is 0.0806. The van der Waals surface area contributed by atoms with Crippen LogP contribution in [0, 0.1) is 11.3 Å². The van der Waals surface area contributed by atoms with Crippen molar-refractivity contribution in [3.8, 4) is 11.8 Å². The summed E-state index contributed by atoms with van der Waals surface area (Å²) in [5, 5.41) is 14.3. The molecule has 0 aliphatic rings. The van der Waals surface area contributed by atoms with Crippen LogP contribution < -0.4 is 10.1 Å². The largest absolute Gasteiger partial charge is 0.488 e. The second-order valence-electron chi connectivity index (χ2n) is 7.67. The van der Waals surface area contributed by atoms with E-state index in [1.54, 1.807) is 18.2 Å². The van der Waals surface area contributed by atoms with Crippen LogP contribution in [-0.2, 0) is 16.1 Å². The van der Waals surface area contributed by atoms with Gasteiger partial charge < -0.3 is 14.8 Å². The molecule has 0 spiro atoms. The zero-order chi connectivity index (χ0) is 24.6. The summed E-state index contributed by atoms with van der Waals surface area (Å²) in [6.07, 6.45) is 1.54. The molecular weight excluding hydrogens is 440 g/mol. The zero-order valence-corrected chi connectivity index (χ0v) is 19.0. The quantitative estimate of drug-likeness (QED) is 0.215. The number of hydrogen-bond acceptors (Lipinski definition) is 5. The van der Waals surface area contributed by atoms with Crippen molar-refractivity contribution in [1.29, 1.82) is 5.26 Å². The topological polar surface area (TPSA) is 88.4 Å². The zero-order valence-electron chi connectivity index (χ0n) is 19.0. The van der Waals surface area contributed by atoms with E-state index in [-0.39, 0.29) is 5.57 Å². The molecule has 0 heterocycles. The van der Waals surface area contributed by atoms with Gasteiger partial charge in [-0.15, -0.1) is 0 Å². The monoisotopic (exact) mass is 462 g/mol. The standard InChI is InChI=1S/C29H22N2O4/c1-34-29(33)22-11-14-24(15-12-22)31-28(32)23(18-30)17-26-25-10-6-5-9-21(25)13-16-27(26)35-19-20-7-3-2-4-8-20/h2-17H,19H2,1H3,(H,31,32)/b23-17+. The van der Waals surface area contributed by atoms with Crippen LogP contribution in [-0.4, -0.2) is 19.0 Å². The fourth-order valence-corrected chi connectivity index (χ4v) is 3.58. The van der Waals surface area contributed by atoms with Crippen molar-refractivity contribution in [3.05, 3.63) is 113 Å². The molecule has 0 saturated heterocycles. The maximum absolute atomic E-state index is 12.9. The Hall–Kier alpha value is -4.89. The molecule has 172 valence electrons. The van der Waals surface area contributed by atoms with Crippen LogP contribution in [0.4, 0.5) is 5.69 Å². The van der Waals surface area contributed by atoms with Gasteiger partial charge in [-0.3, -0.25) is 4.79 Å². The Balaban J connectivity index is 1.64. The second-order valence-corrected chi connectivity index (χ2v) is 7.67. The number of benzene rings is 4. The number of amides is 1. The van der Waals surface area contributed by atoms with Crippen molar-refractivity contribution < 1.29 is 19.1 Å². The lowest BCUT2D eigenvalue weighted by Gasteiger charge is -2.13. The van der Waals surface area contributed by atoms with Crippen molar-refractivity contribution in [2.45, 2.75) is 6.61 Å². The molecule has 4 aromatic rings. The Kier molecular flexibility index (Phi) is 7.19. The molecule has 0 fully saturated rings.